The molecule has 0 saturated heterocycles. The first-order valence-electron chi connectivity index (χ1n) is 6.60. The highest BCUT2D eigenvalue weighted by Crippen LogP contribution is 2.24. The van der Waals surface area contributed by atoms with E-state index in [1.54, 1.807) is 20.3 Å². The average molecular weight is 267 g/mol. The molecule has 0 radical (unpaired) electrons. The predicted octanol–water partition coefficient (Wildman–Crippen LogP) is 1.46. The summed E-state index contributed by atoms with van der Waals surface area (Å²) in [5.41, 5.74) is 0. The largest absolute Gasteiger partial charge is 0.481 e. The lowest BCUT2D eigenvalue weighted by atomic mass is 9.87. The molecule has 1 heterocycles. The van der Waals surface area contributed by atoms with E-state index >= 15 is 0 Å². The summed E-state index contributed by atoms with van der Waals surface area (Å²) in [6, 6.07) is 1.64. The third-order valence-corrected chi connectivity index (χ3v) is 3.46. The zero-order valence-corrected chi connectivity index (χ0v) is 11.4. The van der Waals surface area contributed by atoms with Crippen molar-refractivity contribution in [1.82, 2.24) is 9.97 Å². The van der Waals surface area contributed by atoms with Crippen molar-refractivity contribution in [2.75, 3.05) is 26.1 Å². The molecule has 6 nitrogen and oxygen atoms in total. The van der Waals surface area contributed by atoms with E-state index in [9.17, 15) is 5.11 Å². The minimum atomic E-state index is -0.121. The van der Waals surface area contributed by atoms with E-state index in [-0.39, 0.29) is 6.10 Å². The van der Waals surface area contributed by atoms with Gasteiger partial charge in [0.1, 0.15) is 0 Å². The van der Waals surface area contributed by atoms with Gasteiger partial charge in [0.2, 0.25) is 17.7 Å². The molecule has 0 atom stereocenters. The number of aliphatic hydroxyl groups is 1. The topological polar surface area (TPSA) is 76.5 Å². The predicted molar refractivity (Wildman–Crippen MR) is 71.6 cm³/mol. The van der Waals surface area contributed by atoms with Crippen LogP contribution < -0.4 is 14.8 Å². The molecule has 6 heteroatoms. The molecule has 1 aromatic heterocycles. The fourth-order valence-electron chi connectivity index (χ4n) is 2.28. The van der Waals surface area contributed by atoms with Crippen LogP contribution >= 0.6 is 0 Å². The average Bonchev–Trinajstić information content (AvgIpc) is 2.46. The van der Waals surface area contributed by atoms with E-state index in [1.165, 1.54) is 0 Å². The van der Waals surface area contributed by atoms with E-state index in [0.29, 0.717) is 23.6 Å². The summed E-state index contributed by atoms with van der Waals surface area (Å²) in [6.45, 7) is 0.809. The number of ether oxygens (including phenoxy) is 2. The van der Waals surface area contributed by atoms with Crippen molar-refractivity contribution in [3.63, 3.8) is 0 Å². The summed E-state index contributed by atoms with van der Waals surface area (Å²) in [7, 11) is 3.13. The van der Waals surface area contributed by atoms with Crippen LogP contribution in [-0.2, 0) is 0 Å². The van der Waals surface area contributed by atoms with Crippen LogP contribution in [0.15, 0.2) is 6.07 Å². The molecular formula is C13H21N3O3. The summed E-state index contributed by atoms with van der Waals surface area (Å²) in [4.78, 5) is 8.45. The number of aliphatic hydroxyl groups excluding tert-OH is 1. The van der Waals surface area contributed by atoms with Gasteiger partial charge < -0.3 is 19.9 Å². The minimum absolute atomic E-state index is 0.121. The maximum Gasteiger partial charge on any atom is 0.229 e. The van der Waals surface area contributed by atoms with Crippen LogP contribution in [0.2, 0.25) is 0 Å². The number of rotatable bonds is 5. The molecule has 0 amide bonds. The van der Waals surface area contributed by atoms with Crippen molar-refractivity contribution in [1.29, 1.82) is 0 Å². The number of methoxy groups -OCH3 is 2. The molecule has 0 spiro atoms. The first kappa shape index (κ1) is 13.9. The molecule has 1 fully saturated rings. The Kier molecular flexibility index (Phi) is 4.79. The number of hydrogen-bond acceptors (Lipinski definition) is 6. The van der Waals surface area contributed by atoms with Crippen molar-refractivity contribution >= 4 is 5.95 Å². The fraction of sp³-hybridized carbons (Fsp3) is 0.692. The van der Waals surface area contributed by atoms with Crippen molar-refractivity contribution in [3.8, 4) is 11.8 Å². The molecule has 0 unspecified atom stereocenters. The van der Waals surface area contributed by atoms with Gasteiger partial charge in [-0.3, -0.25) is 0 Å². The van der Waals surface area contributed by atoms with Gasteiger partial charge in [-0.15, -0.1) is 0 Å². The van der Waals surface area contributed by atoms with Crippen molar-refractivity contribution in [2.45, 2.75) is 31.8 Å². The second kappa shape index (κ2) is 6.56. The van der Waals surface area contributed by atoms with Crippen LogP contribution in [0.25, 0.3) is 0 Å². The molecule has 1 aliphatic rings. The van der Waals surface area contributed by atoms with Gasteiger partial charge in [0.25, 0.3) is 0 Å². The molecule has 2 N–H and O–H groups in total. The molecule has 2 rings (SSSR count). The Morgan fingerprint density at radius 1 is 1.16 bits per heavy atom. The van der Waals surface area contributed by atoms with Crippen LogP contribution in [0.3, 0.4) is 0 Å². The first-order valence-corrected chi connectivity index (χ1v) is 6.60. The molecule has 0 aliphatic heterocycles. The van der Waals surface area contributed by atoms with E-state index < -0.39 is 0 Å². The van der Waals surface area contributed by atoms with Crippen LogP contribution in [-0.4, -0.2) is 41.9 Å². The lowest BCUT2D eigenvalue weighted by Gasteiger charge is -2.25. The lowest BCUT2D eigenvalue weighted by Crippen LogP contribution is -2.24. The lowest BCUT2D eigenvalue weighted by molar-refractivity contribution is 0.111. The highest BCUT2D eigenvalue weighted by atomic mass is 16.5. The third-order valence-electron chi connectivity index (χ3n) is 3.46. The van der Waals surface area contributed by atoms with Gasteiger partial charge in [0.05, 0.1) is 26.4 Å². The number of nitrogens with zero attached hydrogens (tertiary/aromatic N) is 2. The number of aromatic nitrogens is 2. The van der Waals surface area contributed by atoms with Crippen molar-refractivity contribution in [3.05, 3.63) is 6.07 Å². The Balaban J connectivity index is 1.91. The van der Waals surface area contributed by atoms with Crippen molar-refractivity contribution < 1.29 is 14.6 Å². The molecule has 106 valence electrons. The summed E-state index contributed by atoms with van der Waals surface area (Å²) < 4.78 is 10.2. The zero-order chi connectivity index (χ0) is 13.7. The number of hydrogen-bond donors (Lipinski definition) is 2. The second-order valence-electron chi connectivity index (χ2n) is 4.83. The Bertz CT molecular complexity index is 384. The van der Waals surface area contributed by atoms with Gasteiger partial charge in [-0.05, 0) is 31.6 Å². The molecular weight excluding hydrogens is 246 g/mol. The molecule has 1 aliphatic carbocycles. The summed E-state index contributed by atoms with van der Waals surface area (Å²) in [5.74, 6) is 2.04. The molecule has 0 aromatic carbocycles. The van der Waals surface area contributed by atoms with Gasteiger partial charge in [0, 0.05) is 6.54 Å². The van der Waals surface area contributed by atoms with Crippen molar-refractivity contribution in [2.24, 2.45) is 5.92 Å². The summed E-state index contributed by atoms with van der Waals surface area (Å²) in [6.07, 6.45) is 3.72. The third kappa shape index (κ3) is 3.96. The Labute approximate surface area is 113 Å². The zero-order valence-electron chi connectivity index (χ0n) is 11.4. The normalized spacial score (nSPS) is 22.9. The summed E-state index contributed by atoms with van der Waals surface area (Å²) >= 11 is 0. The van der Waals surface area contributed by atoms with E-state index in [1.807, 2.05) is 0 Å². The van der Waals surface area contributed by atoms with Crippen LogP contribution in [0.5, 0.6) is 11.8 Å². The van der Waals surface area contributed by atoms with Gasteiger partial charge in [0.15, 0.2) is 0 Å². The highest BCUT2D eigenvalue weighted by molar-refractivity contribution is 5.33. The molecule has 1 aromatic rings. The van der Waals surface area contributed by atoms with Gasteiger partial charge >= 0.3 is 0 Å². The highest BCUT2D eigenvalue weighted by Gasteiger charge is 2.19. The smallest absolute Gasteiger partial charge is 0.229 e. The van der Waals surface area contributed by atoms with E-state index in [0.717, 1.165) is 32.2 Å². The van der Waals surface area contributed by atoms with E-state index in [4.69, 9.17) is 9.47 Å². The van der Waals surface area contributed by atoms with Gasteiger partial charge in [-0.25, -0.2) is 0 Å². The van der Waals surface area contributed by atoms with Crippen LogP contribution in [0.1, 0.15) is 25.7 Å². The molecule has 0 bridgehead atoms. The standard InChI is InChI=1S/C13H21N3O3/c1-18-11-7-12(19-2)16-13(15-11)14-8-9-3-5-10(17)6-4-9/h7,9-10,17H,3-6,8H2,1-2H3,(H,14,15,16). The Morgan fingerprint density at radius 3 is 2.26 bits per heavy atom. The molecule has 1 saturated carbocycles. The first-order chi connectivity index (χ1) is 9.21. The van der Waals surface area contributed by atoms with Gasteiger partial charge in [-0.1, -0.05) is 0 Å². The maximum atomic E-state index is 9.47. The summed E-state index contributed by atoms with van der Waals surface area (Å²) in [5, 5.41) is 12.7. The monoisotopic (exact) mass is 267 g/mol. The van der Waals surface area contributed by atoms with E-state index in [2.05, 4.69) is 15.3 Å². The quantitative estimate of drug-likeness (QED) is 0.841. The number of nitrogens with one attached hydrogen (secondary N) is 1. The maximum absolute atomic E-state index is 9.47. The Morgan fingerprint density at radius 2 is 1.74 bits per heavy atom. The SMILES string of the molecule is COc1cc(OC)nc(NCC2CCC(O)CC2)n1. The second-order valence-corrected chi connectivity index (χ2v) is 4.83. The number of anilines is 1. The molecule has 19 heavy (non-hydrogen) atoms. The van der Waals surface area contributed by atoms with Crippen LogP contribution in [0.4, 0.5) is 5.95 Å². The minimum Gasteiger partial charge on any atom is -0.481 e. The Hall–Kier alpha value is -1.56. The van der Waals surface area contributed by atoms with Crippen LogP contribution in [0, 0.1) is 5.92 Å². The van der Waals surface area contributed by atoms with Gasteiger partial charge in [-0.2, -0.15) is 9.97 Å². The fourth-order valence-corrected chi connectivity index (χ4v) is 2.28.